The van der Waals surface area contributed by atoms with Gasteiger partial charge in [-0.15, -0.1) is 11.8 Å². The molecule has 13 nitrogen and oxygen atoms in total. The minimum atomic E-state index is -1.33. The molecule has 0 spiro atoms. The van der Waals surface area contributed by atoms with Crippen molar-refractivity contribution in [3.8, 4) is 0 Å². The quantitative estimate of drug-likeness (QED) is 0.247. The molecular weight excluding hydrogens is 434 g/mol. The summed E-state index contributed by atoms with van der Waals surface area (Å²) in [5.41, 5.74) is 0.427. The molecule has 3 rings (SSSR count). The Hall–Kier alpha value is -3.42. The molecule has 0 saturated carbocycles. The number of carboxylic acid groups (broad SMARTS) is 1. The number of aliphatic carboxylic acids is 1. The average Bonchev–Trinajstić information content (AvgIpc) is 3.10. The molecule has 3 heterocycles. The molecule has 2 N–H and O–H groups in total. The summed E-state index contributed by atoms with van der Waals surface area (Å²) in [5, 5.41) is 26.2. The number of ether oxygens (including phenoxy) is 1. The van der Waals surface area contributed by atoms with Gasteiger partial charge in [0, 0.05) is 18.2 Å². The molecule has 0 radical (unpaired) electrons. The van der Waals surface area contributed by atoms with Gasteiger partial charge in [-0.1, -0.05) is 0 Å². The molecule has 2 aliphatic heterocycles. The van der Waals surface area contributed by atoms with Crippen LogP contribution in [0.3, 0.4) is 0 Å². The van der Waals surface area contributed by atoms with E-state index in [0.29, 0.717) is 5.69 Å². The summed E-state index contributed by atoms with van der Waals surface area (Å²) in [4.78, 5) is 59.3. The zero-order valence-electron chi connectivity index (χ0n) is 16.7. The van der Waals surface area contributed by atoms with Crippen molar-refractivity contribution in [3.63, 3.8) is 0 Å². The minimum absolute atomic E-state index is 0.204. The molecular formula is C17H19N5O8S. The summed E-state index contributed by atoms with van der Waals surface area (Å²) in [5.74, 6) is -3.31. The second-order valence-electron chi connectivity index (χ2n) is 6.96. The van der Waals surface area contributed by atoms with Crippen molar-refractivity contribution in [2.24, 2.45) is 0 Å². The van der Waals surface area contributed by atoms with Crippen molar-refractivity contribution in [2.45, 2.75) is 38.2 Å². The van der Waals surface area contributed by atoms with Crippen LogP contribution in [0.5, 0.6) is 0 Å². The zero-order valence-corrected chi connectivity index (χ0v) is 17.5. The normalized spacial score (nSPS) is 21.1. The first-order chi connectivity index (χ1) is 14.5. The van der Waals surface area contributed by atoms with Gasteiger partial charge in [-0.2, -0.15) is 4.68 Å². The van der Waals surface area contributed by atoms with Crippen molar-refractivity contribution >= 4 is 41.3 Å². The van der Waals surface area contributed by atoms with E-state index in [1.54, 1.807) is 6.92 Å². The lowest BCUT2D eigenvalue weighted by atomic mass is 10.0. The molecule has 2 amide bonds. The van der Waals surface area contributed by atoms with Crippen LogP contribution in [-0.2, 0) is 23.9 Å². The first kappa shape index (κ1) is 22.3. The Labute approximate surface area is 179 Å². The fourth-order valence-electron chi connectivity index (χ4n) is 3.32. The lowest BCUT2D eigenvalue weighted by Crippen LogP contribution is -2.71. The van der Waals surface area contributed by atoms with Crippen LogP contribution in [0.25, 0.3) is 0 Å². The molecule has 0 bridgehead atoms. The summed E-state index contributed by atoms with van der Waals surface area (Å²) >= 11 is 1.23. The number of thioether (sulfide) groups is 1. The largest absolute Gasteiger partial charge is 0.477 e. The first-order valence-electron chi connectivity index (χ1n) is 9.07. The third-order valence-electron chi connectivity index (χ3n) is 4.84. The molecule has 2 aliphatic rings. The van der Waals surface area contributed by atoms with E-state index < -0.39 is 52.0 Å². The number of nitrogens with one attached hydrogen (secondary N) is 1. The van der Waals surface area contributed by atoms with E-state index in [-0.39, 0.29) is 23.6 Å². The van der Waals surface area contributed by atoms with E-state index in [0.717, 1.165) is 4.90 Å². The van der Waals surface area contributed by atoms with Gasteiger partial charge in [0.05, 0.1) is 16.9 Å². The van der Waals surface area contributed by atoms with Gasteiger partial charge in [-0.3, -0.25) is 19.3 Å². The van der Waals surface area contributed by atoms with Crippen LogP contribution in [0, 0.1) is 17.0 Å². The standard InChI is InChI=1S/C17H19N5O8S/c1-7-4-11(22(28)29)19-21(7)8(2)14(24)18-12-15(25)20-13(17(26)27)10(5-30-9(3)23)6-31-16(12)20/h4,8,12,16H,5-6H2,1-3H3,(H,18,24)(H,26,27)/t8-,12-,16+/m0/s1. The fourth-order valence-corrected chi connectivity index (χ4v) is 4.65. The summed E-state index contributed by atoms with van der Waals surface area (Å²) in [6.07, 6.45) is 0. The van der Waals surface area contributed by atoms with Crippen LogP contribution in [0.2, 0.25) is 0 Å². The molecule has 1 fully saturated rings. The maximum atomic E-state index is 12.6. The summed E-state index contributed by atoms with van der Waals surface area (Å²) in [6.45, 7) is 3.99. The molecule has 0 aliphatic carbocycles. The molecule has 1 aromatic heterocycles. The monoisotopic (exact) mass is 453 g/mol. The fraction of sp³-hybridized carbons (Fsp3) is 0.471. The minimum Gasteiger partial charge on any atom is -0.477 e. The van der Waals surface area contributed by atoms with Crippen LogP contribution in [0.1, 0.15) is 25.6 Å². The highest BCUT2D eigenvalue weighted by Crippen LogP contribution is 2.40. The number of nitrogens with zero attached hydrogens (tertiary/aromatic N) is 4. The van der Waals surface area contributed by atoms with Gasteiger partial charge < -0.3 is 25.3 Å². The number of amides is 2. The van der Waals surface area contributed by atoms with Gasteiger partial charge in [0.25, 0.3) is 5.91 Å². The Bertz CT molecular complexity index is 1020. The number of carbonyl (C=O) groups is 4. The van der Waals surface area contributed by atoms with Crippen LogP contribution in [0.4, 0.5) is 5.82 Å². The van der Waals surface area contributed by atoms with Gasteiger partial charge in [0.2, 0.25) is 5.91 Å². The van der Waals surface area contributed by atoms with Crippen molar-refractivity contribution < 1.29 is 33.9 Å². The van der Waals surface area contributed by atoms with E-state index >= 15 is 0 Å². The summed E-state index contributed by atoms with van der Waals surface area (Å²) in [7, 11) is 0. The Kier molecular flexibility index (Phi) is 6.01. The molecule has 31 heavy (non-hydrogen) atoms. The van der Waals surface area contributed by atoms with Crippen molar-refractivity contribution in [1.29, 1.82) is 0 Å². The summed E-state index contributed by atoms with van der Waals surface area (Å²) in [6, 6.07) is -0.667. The Morgan fingerprint density at radius 1 is 1.48 bits per heavy atom. The molecule has 14 heteroatoms. The van der Waals surface area contributed by atoms with Gasteiger partial charge in [-0.25, -0.2) is 4.79 Å². The zero-order chi connectivity index (χ0) is 23.0. The van der Waals surface area contributed by atoms with E-state index in [2.05, 4.69) is 10.4 Å². The highest BCUT2D eigenvalue weighted by Gasteiger charge is 2.54. The highest BCUT2D eigenvalue weighted by molar-refractivity contribution is 8.00. The Morgan fingerprint density at radius 3 is 2.71 bits per heavy atom. The second kappa shape index (κ2) is 8.37. The number of esters is 1. The number of nitro groups is 1. The van der Waals surface area contributed by atoms with Gasteiger partial charge in [0.15, 0.2) is 0 Å². The lowest BCUT2D eigenvalue weighted by molar-refractivity contribution is -0.389. The van der Waals surface area contributed by atoms with E-state index in [1.165, 1.54) is 36.4 Å². The van der Waals surface area contributed by atoms with Crippen molar-refractivity contribution in [2.75, 3.05) is 12.4 Å². The topological polar surface area (TPSA) is 174 Å². The highest BCUT2D eigenvalue weighted by atomic mass is 32.2. The lowest BCUT2D eigenvalue weighted by Gasteiger charge is -2.49. The maximum absolute atomic E-state index is 12.6. The third-order valence-corrected chi connectivity index (χ3v) is 6.18. The van der Waals surface area contributed by atoms with Crippen LogP contribution in [0.15, 0.2) is 17.3 Å². The number of rotatable bonds is 7. The van der Waals surface area contributed by atoms with Gasteiger partial charge >= 0.3 is 17.8 Å². The predicted octanol–water partition coefficient (Wildman–Crippen LogP) is -0.0376. The molecule has 1 saturated heterocycles. The molecule has 0 unspecified atom stereocenters. The molecule has 0 aromatic carbocycles. The maximum Gasteiger partial charge on any atom is 0.390 e. The number of hydrogen-bond acceptors (Lipinski definition) is 9. The van der Waals surface area contributed by atoms with Crippen LogP contribution in [-0.4, -0.2) is 72.2 Å². The van der Waals surface area contributed by atoms with E-state index in [1.807, 2.05) is 0 Å². The smallest absolute Gasteiger partial charge is 0.390 e. The Balaban J connectivity index is 1.73. The first-order valence-corrected chi connectivity index (χ1v) is 10.1. The molecule has 166 valence electrons. The van der Waals surface area contributed by atoms with Crippen LogP contribution < -0.4 is 5.32 Å². The number of aryl methyl sites for hydroxylation is 1. The molecule has 1 aromatic rings. The number of aromatic nitrogens is 2. The van der Waals surface area contributed by atoms with Crippen molar-refractivity contribution in [1.82, 2.24) is 20.0 Å². The number of carboxylic acids is 1. The third kappa shape index (κ3) is 4.10. The number of hydrogen-bond donors (Lipinski definition) is 2. The second-order valence-corrected chi connectivity index (χ2v) is 8.06. The van der Waals surface area contributed by atoms with Crippen LogP contribution >= 0.6 is 11.8 Å². The van der Waals surface area contributed by atoms with Gasteiger partial charge in [-0.05, 0) is 18.8 Å². The Morgan fingerprint density at radius 2 is 2.16 bits per heavy atom. The summed E-state index contributed by atoms with van der Waals surface area (Å²) < 4.78 is 6.05. The van der Waals surface area contributed by atoms with Gasteiger partial charge in [0.1, 0.15) is 29.8 Å². The number of β-lactam (4-membered cyclic amide) rings is 1. The van der Waals surface area contributed by atoms with E-state index in [4.69, 9.17) is 4.74 Å². The number of carbonyl (C=O) groups excluding carboxylic acids is 3. The number of fused-ring (bicyclic) bond motifs is 1. The predicted molar refractivity (Wildman–Crippen MR) is 105 cm³/mol. The van der Waals surface area contributed by atoms with E-state index in [9.17, 15) is 34.4 Å². The molecule has 3 atom stereocenters. The SMILES string of the molecule is CC(=O)OCC1=C(C(=O)O)N2C(=O)[C@H](NC(=O)[C@H](C)n3nc([N+](=O)[O-])cc3C)[C@H]2SC1. The van der Waals surface area contributed by atoms with Crippen molar-refractivity contribution in [3.05, 3.63) is 33.1 Å². The average molecular weight is 453 g/mol.